The first-order valence-electron chi connectivity index (χ1n) is 7.04. The largest absolute Gasteiger partial charge is 0.337 e. The van der Waals surface area contributed by atoms with E-state index in [2.05, 4.69) is 9.71 Å². The number of nitrogens with one attached hydrogen (secondary N) is 1. The van der Waals surface area contributed by atoms with E-state index in [-0.39, 0.29) is 11.7 Å². The molecule has 8 heteroatoms. The van der Waals surface area contributed by atoms with Crippen molar-refractivity contribution in [2.75, 3.05) is 38.5 Å². The molecule has 0 unspecified atom stereocenters. The van der Waals surface area contributed by atoms with Gasteiger partial charge < -0.3 is 15.1 Å². The lowest BCUT2D eigenvalue weighted by Gasteiger charge is -2.28. The monoisotopic (exact) mass is 310 g/mol. The number of amides is 1. The summed E-state index contributed by atoms with van der Waals surface area (Å²) < 4.78 is 26.6. The Hall–Kier alpha value is -1.67. The highest BCUT2D eigenvalue weighted by Crippen LogP contribution is 2.17. The van der Waals surface area contributed by atoms with Gasteiger partial charge in [-0.2, -0.15) is 0 Å². The van der Waals surface area contributed by atoms with Gasteiger partial charge in [-0.25, -0.2) is 8.42 Å². The average Bonchev–Trinajstić information content (AvgIpc) is 2.74. The maximum atomic E-state index is 12.5. The third-order valence-corrected chi connectivity index (χ3v) is 4.86. The summed E-state index contributed by atoms with van der Waals surface area (Å²) in [5, 5.41) is 3.26. The molecule has 0 bridgehead atoms. The Morgan fingerprint density at radius 2 is 2.05 bits per heavy atom. The van der Waals surface area contributed by atoms with E-state index in [1.54, 1.807) is 23.3 Å². The van der Waals surface area contributed by atoms with E-state index in [1.165, 1.54) is 0 Å². The summed E-state index contributed by atoms with van der Waals surface area (Å²) in [6.07, 6.45) is 5.89. The van der Waals surface area contributed by atoms with Crippen LogP contribution in [0.2, 0.25) is 0 Å². The normalized spacial score (nSPS) is 24.8. The second-order valence-electron chi connectivity index (χ2n) is 5.24. The van der Waals surface area contributed by atoms with Crippen molar-refractivity contribution < 1.29 is 13.2 Å². The molecule has 3 aliphatic rings. The number of rotatable bonds is 1. The van der Waals surface area contributed by atoms with E-state index in [1.807, 2.05) is 4.90 Å². The Kier molecular flexibility index (Phi) is 3.81. The van der Waals surface area contributed by atoms with Gasteiger partial charge in [0.25, 0.3) is 15.9 Å². The highest BCUT2D eigenvalue weighted by Gasteiger charge is 2.26. The van der Waals surface area contributed by atoms with Gasteiger partial charge in [-0.3, -0.25) is 4.79 Å². The molecule has 0 radical (unpaired) electrons. The second kappa shape index (κ2) is 5.61. The van der Waals surface area contributed by atoms with Crippen LogP contribution in [0.1, 0.15) is 6.42 Å². The summed E-state index contributed by atoms with van der Waals surface area (Å²) in [4.78, 5) is 16.1. The lowest BCUT2D eigenvalue weighted by Crippen LogP contribution is -2.39. The van der Waals surface area contributed by atoms with Gasteiger partial charge in [-0.05, 0) is 25.1 Å². The lowest BCUT2D eigenvalue weighted by molar-refractivity contribution is -0.126. The van der Waals surface area contributed by atoms with E-state index in [0.717, 1.165) is 26.1 Å². The fourth-order valence-corrected chi connectivity index (χ4v) is 3.53. The van der Waals surface area contributed by atoms with Gasteiger partial charge in [0, 0.05) is 32.4 Å². The molecule has 3 heterocycles. The Morgan fingerprint density at radius 3 is 2.90 bits per heavy atom. The zero-order valence-electron chi connectivity index (χ0n) is 11.7. The molecule has 1 N–H and O–H groups in total. The molecule has 0 aliphatic carbocycles. The van der Waals surface area contributed by atoms with Crippen LogP contribution < -0.4 is 5.32 Å². The van der Waals surface area contributed by atoms with Gasteiger partial charge in [-0.1, -0.05) is 0 Å². The Bertz CT molecular complexity index is 628. The topological polar surface area (TPSA) is 82.1 Å². The lowest BCUT2D eigenvalue weighted by atomic mass is 10.1. The molecule has 0 spiro atoms. The van der Waals surface area contributed by atoms with Crippen molar-refractivity contribution in [3.63, 3.8) is 0 Å². The van der Waals surface area contributed by atoms with E-state index < -0.39 is 10.0 Å². The van der Waals surface area contributed by atoms with Gasteiger partial charge in [-0.15, -0.1) is 4.40 Å². The molecule has 1 saturated heterocycles. The summed E-state index contributed by atoms with van der Waals surface area (Å²) in [5.41, 5.74) is 0.579. The highest BCUT2D eigenvalue weighted by atomic mass is 32.2. The van der Waals surface area contributed by atoms with Crippen LogP contribution in [0, 0.1) is 0 Å². The second-order valence-corrected chi connectivity index (χ2v) is 7.00. The SMILES string of the molecule is O=C(C1=CN2CCS(=O)(=O)N=C2C=C1)N1CCCNCC1. The first-order chi connectivity index (χ1) is 10.1. The highest BCUT2D eigenvalue weighted by molar-refractivity contribution is 7.90. The molecular formula is C13H18N4O3S. The molecule has 0 atom stereocenters. The van der Waals surface area contributed by atoms with Crippen LogP contribution in [-0.2, 0) is 14.8 Å². The number of sulfonamides is 1. The zero-order valence-corrected chi connectivity index (χ0v) is 12.5. The number of fused-ring (bicyclic) bond motifs is 1. The standard InChI is InChI=1S/C13H18N4O3S/c18-13(16-6-1-4-14-5-7-16)11-2-3-12-15-21(19,20)9-8-17(12)10-11/h2-3,10,14H,1,4-9H2. The molecule has 21 heavy (non-hydrogen) atoms. The number of carbonyl (C=O) groups is 1. The van der Waals surface area contributed by atoms with E-state index in [0.29, 0.717) is 24.5 Å². The van der Waals surface area contributed by atoms with E-state index in [4.69, 9.17) is 0 Å². The molecule has 1 amide bonds. The van der Waals surface area contributed by atoms with Crippen LogP contribution in [-0.4, -0.2) is 68.4 Å². The van der Waals surface area contributed by atoms with Gasteiger partial charge in [0.05, 0.1) is 11.3 Å². The maximum Gasteiger partial charge on any atom is 0.256 e. The number of nitrogens with zero attached hydrogens (tertiary/aromatic N) is 3. The molecule has 1 fully saturated rings. The minimum Gasteiger partial charge on any atom is -0.337 e. The Morgan fingerprint density at radius 1 is 1.19 bits per heavy atom. The van der Waals surface area contributed by atoms with Crippen LogP contribution in [0.5, 0.6) is 0 Å². The third-order valence-electron chi connectivity index (χ3n) is 3.70. The summed E-state index contributed by atoms with van der Waals surface area (Å²) in [6.45, 7) is 3.51. The first kappa shape index (κ1) is 14.3. The van der Waals surface area contributed by atoms with Gasteiger partial charge >= 0.3 is 0 Å². The van der Waals surface area contributed by atoms with Crippen LogP contribution in [0.3, 0.4) is 0 Å². The van der Waals surface area contributed by atoms with Crippen LogP contribution in [0.4, 0.5) is 0 Å². The van der Waals surface area contributed by atoms with E-state index in [9.17, 15) is 13.2 Å². The van der Waals surface area contributed by atoms with Crippen LogP contribution >= 0.6 is 0 Å². The van der Waals surface area contributed by atoms with Gasteiger partial charge in [0.1, 0.15) is 5.84 Å². The third kappa shape index (κ3) is 3.16. The fourth-order valence-electron chi connectivity index (χ4n) is 2.56. The number of hydrogen-bond donors (Lipinski definition) is 1. The Labute approximate surface area is 124 Å². The smallest absolute Gasteiger partial charge is 0.256 e. The number of amidine groups is 1. The maximum absolute atomic E-state index is 12.5. The molecule has 114 valence electrons. The van der Waals surface area contributed by atoms with Gasteiger partial charge in [0.2, 0.25) is 0 Å². The summed E-state index contributed by atoms with van der Waals surface area (Å²) in [7, 11) is -3.35. The fraction of sp³-hybridized carbons (Fsp3) is 0.538. The molecule has 3 rings (SSSR count). The molecule has 0 aromatic rings. The summed E-state index contributed by atoms with van der Waals surface area (Å²) in [5.74, 6) is 0.355. The number of hydrogen-bond acceptors (Lipinski definition) is 5. The zero-order chi connectivity index (χ0) is 14.9. The molecule has 7 nitrogen and oxygen atoms in total. The molecule has 3 aliphatic heterocycles. The predicted octanol–water partition coefficient (Wildman–Crippen LogP) is -0.694. The molecular weight excluding hydrogens is 292 g/mol. The minimum absolute atomic E-state index is 0.0116. The van der Waals surface area contributed by atoms with Crippen molar-refractivity contribution in [3.8, 4) is 0 Å². The molecule has 0 saturated carbocycles. The van der Waals surface area contributed by atoms with Crippen molar-refractivity contribution in [2.24, 2.45) is 4.40 Å². The summed E-state index contributed by atoms with van der Waals surface area (Å²) >= 11 is 0. The van der Waals surface area contributed by atoms with Crippen molar-refractivity contribution in [3.05, 3.63) is 23.9 Å². The predicted molar refractivity (Wildman–Crippen MR) is 79.2 cm³/mol. The average molecular weight is 310 g/mol. The van der Waals surface area contributed by atoms with Crippen LogP contribution in [0.25, 0.3) is 0 Å². The van der Waals surface area contributed by atoms with Crippen LogP contribution in [0.15, 0.2) is 28.3 Å². The number of carbonyl (C=O) groups excluding carboxylic acids is 1. The quantitative estimate of drug-likeness (QED) is 0.693. The minimum atomic E-state index is -3.35. The summed E-state index contributed by atoms with van der Waals surface area (Å²) in [6, 6.07) is 0. The van der Waals surface area contributed by atoms with Crippen molar-refractivity contribution in [1.82, 2.24) is 15.1 Å². The van der Waals surface area contributed by atoms with Crippen molar-refractivity contribution in [2.45, 2.75) is 6.42 Å². The van der Waals surface area contributed by atoms with Crippen molar-refractivity contribution >= 4 is 21.8 Å². The molecule has 0 aromatic heterocycles. The van der Waals surface area contributed by atoms with E-state index >= 15 is 0 Å². The van der Waals surface area contributed by atoms with Crippen molar-refractivity contribution in [1.29, 1.82) is 0 Å². The molecule has 0 aromatic carbocycles. The first-order valence-corrected chi connectivity index (χ1v) is 8.65. The Balaban J connectivity index is 1.77. The van der Waals surface area contributed by atoms with Gasteiger partial charge in [0.15, 0.2) is 0 Å².